The average molecular weight is 214 g/mol. The van der Waals surface area contributed by atoms with Crippen LogP contribution < -0.4 is 0 Å². The van der Waals surface area contributed by atoms with E-state index in [0.29, 0.717) is 6.10 Å². The van der Waals surface area contributed by atoms with E-state index < -0.39 is 0 Å². The first kappa shape index (κ1) is 12.7. The van der Waals surface area contributed by atoms with Crippen molar-refractivity contribution in [1.82, 2.24) is 0 Å². The maximum Gasteiger partial charge on any atom is 0.0923 e. The summed E-state index contributed by atoms with van der Waals surface area (Å²) in [6.45, 7) is 4.11. The summed E-state index contributed by atoms with van der Waals surface area (Å²) in [5, 5.41) is 17.7. The van der Waals surface area contributed by atoms with Gasteiger partial charge >= 0.3 is 0 Å². The topological polar surface area (TPSA) is 53.0 Å². The molecule has 0 radical (unpaired) electrons. The first-order valence-electron chi connectivity index (χ1n) is 5.72. The van der Waals surface area contributed by atoms with Crippen molar-refractivity contribution in [2.24, 2.45) is 0 Å². The molecular weight excluding hydrogens is 192 g/mol. The summed E-state index contributed by atoms with van der Waals surface area (Å²) in [5.41, 5.74) is 0.0121. The highest BCUT2D eigenvalue weighted by Gasteiger charge is 2.50. The van der Waals surface area contributed by atoms with Gasteiger partial charge in [-0.15, -0.1) is 0 Å². The van der Waals surface area contributed by atoms with Gasteiger partial charge in [-0.1, -0.05) is 12.2 Å². The first-order chi connectivity index (χ1) is 7.08. The number of allylic oxidation sites excluding steroid dienone is 1. The van der Waals surface area contributed by atoms with Crippen molar-refractivity contribution in [2.75, 3.05) is 6.61 Å². The van der Waals surface area contributed by atoms with Gasteiger partial charge in [0.1, 0.15) is 0 Å². The normalized spacial score (nSPS) is 32.1. The predicted molar refractivity (Wildman–Crippen MR) is 59.7 cm³/mol. The molecule has 1 saturated heterocycles. The second-order valence-electron chi connectivity index (χ2n) is 4.49. The largest absolute Gasteiger partial charge is 0.396 e. The highest BCUT2D eigenvalue weighted by atomic mass is 16.6. The van der Waals surface area contributed by atoms with Crippen LogP contribution in [0.25, 0.3) is 0 Å². The van der Waals surface area contributed by atoms with Crippen LogP contribution in [0, 0.1) is 0 Å². The minimum atomic E-state index is -0.358. The quantitative estimate of drug-likeness (QED) is 0.500. The maximum absolute atomic E-state index is 9.02. The lowest BCUT2D eigenvalue weighted by molar-refractivity contribution is 0.243. The summed E-state index contributed by atoms with van der Waals surface area (Å²) in [7, 11) is 0. The molecule has 0 aromatic heterocycles. The number of rotatable bonds is 7. The maximum atomic E-state index is 9.02. The molecule has 3 heteroatoms. The molecule has 1 rings (SSSR count). The summed E-state index contributed by atoms with van der Waals surface area (Å²) < 4.78 is 5.61. The number of epoxide rings is 1. The smallest absolute Gasteiger partial charge is 0.0923 e. The number of aliphatic hydroxyl groups excluding tert-OH is 2. The Balaban J connectivity index is 2.12. The van der Waals surface area contributed by atoms with E-state index in [1.807, 2.05) is 6.08 Å². The summed E-state index contributed by atoms with van der Waals surface area (Å²) in [6, 6.07) is 0. The summed E-state index contributed by atoms with van der Waals surface area (Å²) in [4.78, 5) is 0. The van der Waals surface area contributed by atoms with E-state index in [2.05, 4.69) is 6.92 Å². The van der Waals surface area contributed by atoms with E-state index in [9.17, 15) is 0 Å². The third kappa shape index (κ3) is 4.33. The zero-order valence-corrected chi connectivity index (χ0v) is 9.65. The Morgan fingerprint density at radius 3 is 2.87 bits per heavy atom. The second kappa shape index (κ2) is 5.64. The Morgan fingerprint density at radius 1 is 1.53 bits per heavy atom. The lowest BCUT2D eigenvalue weighted by Gasteiger charge is -2.03. The molecule has 15 heavy (non-hydrogen) atoms. The first-order valence-corrected chi connectivity index (χ1v) is 5.72. The van der Waals surface area contributed by atoms with E-state index in [1.54, 1.807) is 13.0 Å². The van der Waals surface area contributed by atoms with E-state index in [-0.39, 0.29) is 18.3 Å². The van der Waals surface area contributed by atoms with Crippen LogP contribution in [0.1, 0.15) is 39.5 Å². The third-order valence-electron chi connectivity index (χ3n) is 2.88. The highest BCUT2D eigenvalue weighted by molar-refractivity contribution is 5.00. The fourth-order valence-electron chi connectivity index (χ4n) is 1.81. The fraction of sp³-hybridized carbons (Fsp3) is 0.833. The fourth-order valence-corrected chi connectivity index (χ4v) is 1.81. The molecule has 3 atom stereocenters. The van der Waals surface area contributed by atoms with Crippen molar-refractivity contribution in [2.45, 2.75) is 57.3 Å². The van der Waals surface area contributed by atoms with E-state index in [1.165, 1.54) is 0 Å². The molecule has 3 nitrogen and oxygen atoms in total. The van der Waals surface area contributed by atoms with Crippen molar-refractivity contribution in [3.8, 4) is 0 Å². The van der Waals surface area contributed by atoms with Crippen LogP contribution in [-0.2, 0) is 4.74 Å². The van der Waals surface area contributed by atoms with Crippen LogP contribution in [0.3, 0.4) is 0 Å². The van der Waals surface area contributed by atoms with Crippen LogP contribution in [0.2, 0.25) is 0 Å². The Morgan fingerprint density at radius 2 is 2.27 bits per heavy atom. The number of hydrogen-bond donors (Lipinski definition) is 2. The third-order valence-corrected chi connectivity index (χ3v) is 2.88. The molecule has 0 aliphatic carbocycles. The molecule has 0 aromatic rings. The standard InChI is InChI=1S/C12H22O3/c1-10(14)6-3-4-8-12(2)11(15-12)7-5-9-13/h3,6,10-11,13-14H,4-5,7-9H2,1-2H3/b6-3+/t10-,11+,12+/m1/s1. The Bertz CT molecular complexity index is 213. The van der Waals surface area contributed by atoms with Crippen molar-refractivity contribution in [3.05, 3.63) is 12.2 Å². The molecule has 1 aliphatic heterocycles. The minimum absolute atomic E-state index is 0.0121. The van der Waals surface area contributed by atoms with Crippen LogP contribution in [0.4, 0.5) is 0 Å². The monoisotopic (exact) mass is 214 g/mol. The molecule has 1 heterocycles. The van der Waals surface area contributed by atoms with Crippen molar-refractivity contribution in [1.29, 1.82) is 0 Å². The van der Waals surface area contributed by atoms with Gasteiger partial charge in [0.15, 0.2) is 0 Å². The SMILES string of the molecule is C[C@@H](O)/C=C/CC[C@]1(C)O[C@H]1CCCO. The predicted octanol–water partition coefficient (Wildman–Crippen LogP) is 1.63. The van der Waals surface area contributed by atoms with Gasteiger partial charge in [0.05, 0.1) is 17.8 Å². The average Bonchev–Trinajstić information content (AvgIpc) is 2.82. The molecule has 0 amide bonds. The van der Waals surface area contributed by atoms with Gasteiger partial charge in [0.2, 0.25) is 0 Å². The zero-order valence-electron chi connectivity index (χ0n) is 9.65. The molecule has 0 spiro atoms. The molecule has 88 valence electrons. The van der Waals surface area contributed by atoms with Gasteiger partial charge in [-0.05, 0) is 39.5 Å². The van der Waals surface area contributed by atoms with E-state index in [4.69, 9.17) is 14.9 Å². The van der Waals surface area contributed by atoms with Gasteiger partial charge in [-0.3, -0.25) is 0 Å². The Kier molecular flexibility index (Phi) is 4.77. The Hall–Kier alpha value is -0.380. The Labute approximate surface area is 91.8 Å². The van der Waals surface area contributed by atoms with Gasteiger partial charge in [0, 0.05) is 6.61 Å². The second-order valence-corrected chi connectivity index (χ2v) is 4.49. The van der Waals surface area contributed by atoms with Crippen LogP contribution >= 0.6 is 0 Å². The molecule has 1 fully saturated rings. The van der Waals surface area contributed by atoms with E-state index >= 15 is 0 Å². The summed E-state index contributed by atoms with van der Waals surface area (Å²) in [5.74, 6) is 0. The van der Waals surface area contributed by atoms with Gasteiger partial charge in [0.25, 0.3) is 0 Å². The van der Waals surface area contributed by atoms with Crippen molar-refractivity contribution >= 4 is 0 Å². The number of hydrogen-bond acceptors (Lipinski definition) is 3. The van der Waals surface area contributed by atoms with Crippen LogP contribution in [-0.4, -0.2) is 34.6 Å². The molecule has 0 aromatic carbocycles. The van der Waals surface area contributed by atoms with Gasteiger partial charge in [-0.2, -0.15) is 0 Å². The number of ether oxygens (including phenoxy) is 1. The van der Waals surface area contributed by atoms with Crippen LogP contribution in [0.5, 0.6) is 0 Å². The van der Waals surface area contributed by atoms with Gasteiger partial charge < -0.3 is 14.9 Å². The minimum Gasteiger partial charge on any atom is -0.396 e. The molecular formula is C12H22O3. The molecule has 1 aliphatic rings. The lowest BCUT2D eigenvalue weighted by atomic mass is 9.98. The molecule has 0 bridgehead atoms. The zero-order chi connectivity index (χ0) is 11.3. The molecule has 0 unspecified atom stereocenters. The highest BCUT2D eigenvalue weighted by Crippen LogP contribution is 2.42. The van der Waals surface area contributed by atoms with E-state index in [0.717, 1.165) is 25.7 Å². The number of aliphatic hydroxyl groups is 2. The lowest BCUT2D eigenvalue weighted by Crippen LogP contribution is -2.09. The summed E-state index contributed by atoms with van der Waals surface area (Å²) >= 11 is 0. The molecule has 2 N–H and O–H groups in total. The van der Waals surface area contributed by atoms with Gasteiger partial charge in [-0.25, -0.2) is 0 Å². The molecule has 0 saturated carbocycles. The van der Waals surface area contributed by atoms with Crippen LogP contribution in [0.15, 0.2) is 12.2 Å². The summed E-state index contributed by atoms with van der Waals surface area (Å²) in [6.07, 6.45) is 7.47. The van der Waals surface area contributed by atoms with Crippen molar-refractivity contribution < 1.29 is 14.9 Å². The van der Waals surface area contributed by atoms with Crippen molar-refractivity contribution in [3.63, 3.8) is 0 Å².